The Morgan fingerprint density at radius 3 is 2.60 bits per heavy atom. The minimum absolute atomic E-state index is 0.551. The van der Waals surface area contributed by atoms with Gasteiger partial charge in [-0.15, -0.1) is 0 Å². The van der Waals surface area contributed by atoms with Crippen LogP contribution in [0, 0.1) is 3.57 Å². The maximum absolute atomic E-state index is 5.57. The number of ether oxygens (including phenoxy) is 1. The smallest absolute Gasteiger partial charge is 0.235 e. The first kappa shape index (κ1) is 10.2. The van der Waals surface area contributed by atoms with Crippen molar-refractivity contribution in [1.29, 1.82) is 0 Å². The van der Waals surface area contributed by atoms with Crippen molar-refractivity contribution in [3.05, 3.63) is 40.4 Å². The highest BCUT2D eigenvalue weighted by molar-refractivity contribution is 14.1. The van der Waals surface area contributed by atoms with Gasteiger partial charge in [0.1, 0.15) is 12.1 Å². The van der Waals surface area contributed by atoms with Crippen molar-refractivity contribution < 1.29 is 4.74 Å². The maximum atomic E-state index is 5.57. The average molecular weight is 313 g/mol. The fourth-order valence-corrected chi connectivity index (χ4v) is 1.43. The predicted molar refractivity (Wildman–Crippen MR) is 65.7 cm³/mol. The molecule has 2 aromatic rings. The molecular weight excluding hydrogens is 305 g/mol. The Kier molecular flexibility index (Phi) is 3.00. The molecule has 0 aliphatic heterocycles. The third-order valence-electron chi connectivity index (χ3n) is 1.73. The Hall–Kier alpha value is -1.37. The summed E-state index contributed by atoms with van der Waals surface area (Å²) in [5.41, 5.74) is 6.28. The van der Waals surface area contributed by atoms with Crippen molar-refractivity contribution in [3.8, 4) is 11.6 Å². The molecule has 1 aromatic carbocycles. The Morgan fingerprint density at radius 1 is 1.20 bits per heavy atom. The van der Waals surface area contributed by atoms with Crippen LogP contribution in [0.4, 0.5) is 5.69 Å². The van der Waals surface area contributed by atoms with Crippen molar-refractivity contribution in [3.63, 3.8) is 0 Å². The Labute approximate surface area is 101 Å². The van der Waals surface area contributed by atoms with Gasteiger partial charge in [0.25, 0.3) is 0 Å². The van der Waals surface area contributed by atoms with E-state index in [2.05, 4.69) is 32.6 Å². The van der Waals surface area contributed by atoms with Crippen LogP contribution in [-0.4, -0.2) is 9.97 Å². The summed E-state index contributed by atoms with van der Waals surface area (Å²) in [6.07, 6.45) is 3.15. The number of aromatic nitrogens is 2. The van der Waals surface area contributed by atoms with Crippen LogP contribution in [0.1, 0.15) is 0 Å². The standard InChI is InChI=1S/C10H8IN3O/c11-9-5-13-6-14-10(9)15-8-3-1-7(12)2-4-8/h1-6H,12H2. The van der Waals surface area contributed by atoms with Gasteiger partial charge in [-0.3, -0.25) is 0 Å². The van der Waals surface area contributed by atoms with Crippen LogP contribution >= 0.6 is 22.6 Å². The Balaban J connectivity index is 2.22. The normalized spacial score (nSPS) is 9.93. The van der Waals surface area contributed by atoms with Gasteiger partial charge in [0, 0.05) is 11.9 Å². The van der Waals surface area contributed by atoms with Crippen LogP contribution in [0.25, 0.3) is 0 Å². The minimum atomic E-state index is 0.551. The molecule has 0 unspecified atom stereocenters. The fraction of sp³-hybridized carbons (Fsp3) is 0. The van der Waals surface area contributed by atoms with Gasteiger partial charge in [0.05, 0.1) is 3.57 Å². The average Bonchev–Trinajstić information content (AvgIpc) is 2.25. The first-order valence-electron chi connectivity index (χ1n) is 4.24. The number of nitrogen functional groups attached to an aromatic ring is 1. The van der Waals surface area contributed by atoms with E-state index in [0.717, 1.165) is 3.57 Å². The summed E-state index contributed by atoms with van der Waals surface area (Å²) in [5.74, 6) is 1.26. The third kappa shape index (κ3) is 2.56. The highest BCUT2D eigenvalue weighted by Crippen LogP contribution is 2.23. The molecule has 0 radical (unpaired) electrons. The quantitative estimate of drug-likeness (QED) is 0.683. The fourth-order valence-electron chi connectivity index (χ4n) is 1.02. The summed E-state index contributed by atoms with van der Waals surface area (Å²) in [5, 5.41) is 0. The van der Waals surface area contributed by atoms with Crippen molar-refractivity contribution in [2.45, 2.75) is 0 Å². The molecule has 0 saturated carbocycles. The second-order valence-corrected chi connectivity index (χ2v) is 4.01. The first-order chi connectivity index (χ1) is 7.25. The lowest BCUT2D eigenvalue weighted by Gasteiger charge is -2.05. The highest BCUT2D eigenvalue weighted by atomic mass is 127. The summed E-state index contributed by atoms with van der Waals surface area (Å²) in [6.45, 7) is 0. The highest BCUT2D eigenvalue weighted by Gasteiger charge is 2.02. The van der Waals surface area contributed by atoms with Gasteiger partial charge in [-0.05, 0) is 46.9 Å². The Bertz CT molecular complexity index is 458. The van der Waals surface area contributed by atoms with Gasteiger partial charge >= 0.3 is 0 Å². The molecule has 4 nitrogen and oxygen atoms in total. The van der Waals surface area contributed by atoms with E-state index < -0.39 is 0 Å². The molecular formula is C10H8IN3O. The van der Waals surface area contributed by atoms with E-state index in [1.165, 1.54) is 6.33 Å². The van der Waals surface area contributed by atoms with Crippen LogP contribution in [-0.2, 0) is 0 Å². The zero-order valence-corrected chi connectivity index (χ0v) is 9.88. The van der Waals surface area contributed by atoms with Gasteiger partial charge in [0.15, 0.2) is 0 Å². The van der Waals surface area contributed by atoms with Crippen LogP contribution in [0.15, 0.2) is 36.8 Å². The second kappa shape index (κ2) is 4.43. The van der Waals surface area contributed by atoms with E-state index in [0.29, 0.717) is 17.3 Å². The van der Waals surface area contributed by atoms with Gasteiger partial charge in [-0.2, -0.15) is 0 Å². The van der Waals surface area contributed by atoms with Gasteiger partial charge in [-0.25, -0.2) is 9.97 Å². The zero-order chi connectivity index (χ0) is 10.7. The molecule has 0 amide bonds. The van der Waals surface area contributed by atoms with Crippen LogP contribution in [0.2, 0.25) is 0 Å². The van der Waals surface area contributed by atoms with Crippen molar-refractivity contribution in [2.24, 2.45) is 0 Å². The monoisotopic (exact) mass is 313 g/mol. The molecule has 0 aliphatic carbocycles. The molecule has 0 saturated heterocycles. The van der Waals surface area contributed by atoms with Gasteiger partial charge in [-0.1, -0.05) is 0 Å². The number of rotatable bonds is 2. The third-order valence-corrected chi connectivity index (χ3v) is 2.47. The van der Waals surface area contributed by atoms with E-state index in [1.807, 2.05) is 0 Å². The molecule has 0 fully saturated rings. The topological polar surface area (TPSA) is 61.0 Å². The molecule has 15 heavy (non-hydrogen) atoms. The molecule has 76 valence electrons. The lowest BCUT2D eigenvalue weighted by Crippen LogP contribution is -1.92. The van der Waals surface area contributed by atoms with Crippen LogP contribution in [0.3, 0.4) is 0 Å². The van der Waals surface area contributed by atoms with E-state index in [1.54, 1.807) is 30.5 Å². The van der Waals surface area contributed by atoms with Crippen molar-refractivity contribution in [2.75, 3.05) is 5.73 Å². The number of halogens is 1. The van der Waals surface area contributed by atoms with Crippen LogP contribution < -0.4 is 10.5 Å². The number of nitrogens with two attached hydrogens (primary N) is 1. The lowest BCUT2D eigenvalue weighted by molar-refractivity contribution is 0.457. The number of nitrogens with zero attached hydrogens (tertiary/aromatic N) is 2. The van der Waals surface area contributed by atoms with E-state index in [-0.39, 0.29) is 0 Å². The van der Waals surface area contributed by atoms with Crippen molar-refractivity contribution in [1.82, 2.24) is 9.97 Å². The summed E-state index contributed by atoms with van der Waals surface area (Å²) in [7, 11) is 0. The predicted octanol–water partition coefficient (Wildman–Crippen LogP) is 2.46. The summed E-state index contributed by atoms with van der Waals surface area (Å²) in [6, 6.07) is 7.16. The SMILES string of the molecule is Nc1ccc(Oc2ncncc2I)cc1. The summed E-state index contributed by atoms with van der Waals surface area (Å²) in [4.78, 5) is 7.91. The zero-order valence-electron chi connectivity index (χ0n) is 7.72. The molecule has 2 rings (SSSR count). The molecule has 1 aromatic heterocycles. The molecule has 0 bridgehead atoms. The Morgan fingerprint density at radius 2 is 1.93 bits per heavy atom. The van der Waals surface area contributed by atoms with E-state index in [4.69, 9.17) is 10.5 Å². The van der Waals surface area contributed by atoms with E-state index >= 15 is 0 Å². The molecule has 0 aliphatic rings. The van der Waals surface area contributed by atoms with Crippen molar-refractivity contribution >= 4 is 28.3 Å². The summed E-state index contributed by atoms with van der Waals surface area (Å²) >= 11 is 2.12. The van der Waals surface area contributed by atoms with E-state index in [9.17, 15) is 0 Å². The molecule has 0 spiro atoms. The number of hydrogen-bond acceptors (Lipinski definition) is 4. The lowest BCUT2D eigenvalue weighted by atomic mass is 10.3. The number of hydrogen-bond donors (Lipinski definition) is 1. The largest absolute Gasteiger partial charge is 0.438 e. The molecule has 0 atom stereocenters. The molecule has 1 heterocycles. The maximum Gasteiger partial charge on any atom is 0.235 e. The van der Waals surface area contributed by atoms with Crippen LogP contribution in [0.5, 0.6) is 11.6 Å². The number of anilines is 1. The molecule has 5 heteroatoms. The van der Waals surface area contributed by atoms with Gasteiger partial charge < -0.3 is 10.5 Å². The molecule has 2 N–H and O–H groups in total. The minimum Gasteiger partial charge on any atom is -0.438 e. The number of benzene rings is 1. The summed E-state index contributed by atoms with van der Waals surface area (Å²) < 4.78 is 6.42. The van der Waals surface area contributed by atoms with Gasteiger partial charge in [0.2, 0.25) is 5.88 Å². The second-order valence-electron chi connectivity index (χ2n) is 2.85. The first-order valence-corrected chi connectivity index (χ1v) is 5.32.